The molecule has 0 radical (unpaired) electrons. The number of carbonyl (C=O) groups is 3. The lowest BCUT2D eigenvalue weighted by Crippen LogP contribution is -2.70. The van der Waals surface area contributed by atoms with Gasteiger partial charge in [-0.2, -0.15) is 0 Å². The number of nitrogens with zero attached hydrogens (tertiary/aromatic N) is 1. The molecule has 2 rings (SSSR count). The Hall–Kier alpha value is -1.50. The number of carboxylic acid groups (broad SMARTS) is 1. The number of rotatable bonds is 3. The Balaban J connectivity index is 2.19. The smallest absolute Gasteiger partial charge is 0.327 e. The van der Waals surface area contributed by atoms with Crippen LogP contribution in [0.2, 0.25) is 0 Å². The summed E-state index contributed by atoms with van der Waals surface area (Å²) in [6.45, 7) is 6.89. The van der Waals surface area contributed by atoms with Gasteiger partial charge in [0.2, 0.25) is 11.8 Å². The van der Waals surface area contributed by atoms with Crippen molar-refractivity contribution in [1.29, 1.82) is 0 Å². The first kappa shape index (κ1) is 12.9. The summed E-state index contributed by atoms with van der Waals surface area (Å²) in [4.78, 5) is 35.7. The van der Waals surface area contributed by atoms with Crippen molar-refractivity contribution in [1.82, 2.24) is 10.2 Å². The number of nitrogens with one attached hydrogen (secondary N) is 1. The summed E-state index contributed by atoms with van der Waals surface area (Å²) in [6.07, 6.45) is 1.09. The van der Waals surface area contributed by atoms with Crippen molar-refractivity contribution >= 4 is 29.5 Å². The third kappa shape index (κ3) is 1.69. The van der Waals surface area contributed by atoms with Crippen LogP contribution in [0.1, 0.15) is 13.8 Å². The van der Waals surface area contributed by atoms with Gasteiger partial charge in [0.05, 0.1) is 0 Å². The highest BCUT2D eigenvalue weighted by Crippen LogP contribution is 2.50. The maximum atomic E-state index is 11.9. The molecule has 7 heteroatoms. The largest absolute Gasteiger partial charge is 0.480 e. The van der Waals surface area contributed by atoms with Crippen LogP contribution in [-0.2, 0) is 14.4 Å². The van der Waals surface area contributed by atoms with Crippen molar-refractivity contribution in [2.24, 2.45) is 0 Å². The number of aliphatic carboxylic acids is 1. The van der Waals surface area contributed by atoms with Gasteiger partial charge in [-0.3, -0.25) is 9.59 Å². The molecule has 0 spiro atoms. The van der Waals surface area contributed by atoms with Crippen molar-refractivity contribution in [2.45, 2.75) is 36.1 Å². The highest BCUT2D eigenvalue weighted by molar-refractivity contribution is 8.01. The number of thioether (sulfide) groups is 1. The van der Waals surface area contributed by atoms with Crippen molar-refractivity contribution in [2.75, 3.05) is 0 Å². The standard InChI is InChI=1S/C11H14N2O4S/c1-4-5(14)12-6-8(15)13-7(10(16)17)11(2,3)18-9(6)13/h4,6-7,9H,1H2,2-3H3,(H,12,14)(H,16,17)/t6-,7+,9-/m1/s1. The summed E-state index contributed by atoms with van der Waals surface area (Å²) < 4.78 is -0.570. The number of carboxylic acids is 1. The molecule has 0 bridgehead atoms. The van der Waals surface area contributed by atoms with E-state index in [2.05, 4.69) is 11.9 Å². The summed E-state index contributed by atoms with van der Waals surface area (Å²) in [5.41, 5.74) is 0. The summed E-state index contributed by atoms with van der Waals surface area (Å²) in [5.74, 6) is -1.79. The van der Waals surface area contributed by atoms with E-state index >= 15 is 0 Å². The topological polar surface area (TPSA) is 86.7 Å². The number of amides is 2. The first-order valence-electron chi connectivity index (χ1n) is 5.45. The SMILES string of the molecule is C=CC(=O)N[C@@H]1C(=O)N2[C@@H]1SC(C)(C)[C@@H]2C(=O)O. The monoisotopic (exact) mass is 270 g/mol. The summed E-state index contributed by atoms with van der Waals surface area (Å²) in [5, 5.41) is 11.4. The third-order valence-corrected chi connectivity index (χ3v) is 4.73. The number of hydrogen-bond donors (Lipinski definition) is 2. The molecule has 3 atom stereocenters. The summed E-state index contributed by atoms with van der Waals surface area (Å²) >= 11 is 1.39. The highest BCUT2D eigenvalue weighted by atomic mass is 32.2. The van der Waals surface area contributed by atoms with E-state index in [0.29, 0.717) is 0 Å². The zero-order valence-corrected chi connectivity index (χ0v) is 10.9. The van der Waals surface area contributed by atoms with Gasteiger partial charge >= 0.3 is 5.97 Å². The lowest BCUT2D eigenvalue weighted by molar-refractivity contribution is -0.160. The molecule has 0 aromatic heterocycles. The molecule has 2 fully saturated rings. The average Bonchev–Trinajstić information content (AvgIpc) is 2.54. The van der Waals surface area contributed by atoms with E-state index in [9.17, 15) is 19.5 Å². The van der Waals surface area contributed by atoms with E-state index in [1.54, 1.807) is 13.8 Å². The first-order chi connectivity index (χ1) is 8.29. The summed E-state index contributed by atoms with van der Waals surface area (Å²) in [7, 11) is 0. The molecule has 0 aromatic carbocycles. The quantitative estimate of drug-likeness (QED) is 0.548. The van der Waals surface area contributed by atoms with E-state index in [4.69, 9.17) is 0 Å². The second kappa shape index (κ2) is 4.01. The van der Waals surface area contributed by atoms with E-state index in [-0.39, 0.29) is 11.3 Å². The Morgan fingerprint density at radius 2 is 2.17 bits per heavy atom. The van der Waals surface area contributed by atoms with Gasteiger partial charge in [-0.15, -0.1) is 11.8 Å². The molecule has 2 aliphatic rings. The van der Waals surface area contributed by atoms with Crippen molar-refractivity contribution in [3.63, 3.8) is 0 Å². The van der Waals surface area contributed by atoms with Crippen LogP contribution in [-0.4, -0.2) is 50.0 Å². The Morgan fingerprint density at radius 3 is 2.67 bits per heavy atom. The zero-order valence-electron chi connectivity index (χ0n) is 10.0. The normalized spacial score (nSPS) is 32.4. The fraction of sp³-hybridized carbons (Fsp3) is 0.545. The minimum absolute atomic E-state index is 0.308. The van der Waals surface area contributed by atoms with Gasteiger partial charge in [0.1, 0.15) is 17.5 Å². The molecule has 0 aliphatic carbocycles. The van der Waals surface area contributed by atoms with Crippen molar-refractivity contribution in [3.05, 3.63) is 12.7 Å². The molecule has 0 aromatic rings. The van der Waals surface area contributed by atoms with E-state index < -0.39 is 28.7 Å². The molecule has 0 saturated carbocycles. The van der Waals surface area contributed by atoms with Gasteiger partial charge in [0, 0.05) is 4.75 Å². The minimum atomic E-state index is -1.02. The molecule has 6 nitrogen and oxygen atoms in total. The van der Waals surface area contributed by atoms with E-state index in [1.165, 1.54) is 16.7 Å². The number of carbonyl (C=O) groups excluding carboxylic acids is 2. The maximum Gasteiger partial charge on any atom is 0.327 e. The fourth-order valence-corrected chi connectivity index (χ4v) is 3.98. The molecule has 2 heterocycles. The predicted octanol–water partition coefficient (Wildman–Crippen LogP) is -0.196. The van der Waals surface area contributed by atoms with Crippen LogP contribution in [0.25, 0.3) is 0 Å². The Labute approximate surface area is 108 Å². The second-order valence-electron chi connectivity index (χ2n) is 4.79. The lowest BCUT2D eigenvalue weighted by atomic mass is 9.96. The molecule has 2 saturated heterocycles. The van der Waals surface area contributed by atoms with Gasteiger partial charge < -0.3 is 15.3 Å². The second-order valence-corrected chi connectivity index (χ2v) is 6.56. The number of hydrogen-bond acceptors (Lipinski definition) is 4. The van der Waals surface area contributed by atoms with Crippen molar-refractivity contribution < 1.29 is 19.5 Å². The van der Waals surface area contributed by atoms with Gasteiger partial charge in [-0.05, 0) is 19.9 Å². The van der Waals surface area contributed by atoms with Crippen LogP contribution in [0, 0.1) is 0 Å². The lowest BCUT2D eigenvalue weighted by Gasteiger charge is -2.43. The van der Waals surface area contributed by atoms with E-state index in [0.717, 1.165) is 6.08 Å². The molecule has 2 aliphatic heterocycles. The molecular weight excluding hydrogens is 256 g/mol. The van der Waals surface area contributed by atoms with Crippen LogP contribution in [0.15, 0.2) is 12.7 Å². The fourth-order valence-electron chi connectivity index (χ4n) is 2.36. The van der Waals surface area contributed by atoms with Gasteiger partial charge in [-0.25, -0.2) is 4.79 Å². The zero-order chi connectivity index (χ0) is 13.7. The van der Waals surface area contributed by atoms with Crippen LogP contribution < -0.4 is 5.32 Å². The third-order valence-electron chi connectivity index (χ3n) is 3.16. The maximum absolute atomic E-state index is 11.9. The molecular formula is C11H14N2O4S. The number of β-lactam (4-membered cyclic amide) rings is 1. The Morgan fingerprint density at radius 1 is 1.56 bits per heavy atom. The van der Waals surface area contributed by atoms with Crippen molar-refractivity contribution in [3.8, 4) is 0 Å². The van der Waals surface area contributed by atoms with Crippen LogP contribution >= 0.6 is 11.8 Å². The van der Waals surface area contributed by atoms with Gasteiger partial charge in [-0.1, -0.05) is 6.58 Å². The molecule has 2 N–H and O–H groups in total. The van der Waals surface area contributed by atoms with Gasteiger partial charge in [0.15, 0.2) is 0 Å². The summed E-state index contributed by atoms with van der Waals surface area (Å²) in [6, 6.07) is -1.50. The Kier molecular flexibility index (Phi) is 2.89. The molecule has 2 amide bonds. The van der Waals surface area contributed by atoms with Gasteiger partial charge in [0.25, 0.3) is 0 Å². The van der Waals surface area contributed by atoms with Crippen LogP contribution in [0.4, 0.5) is 0 Å². The predicted molar refractivity (Wildman–Crippen MR) is 65.9 cm³/mol. The first-order valence-corrected chi connectivity index (χ1v) is 6.33. The van der Waals surface area contributed by atoms with Crippen LogP contribution in [0.3, 0.4) is 0 Å². The Bertz CT molecular complexity index is 448. The van der Waals surface area contributed by atoms with E-state index in [1.807, 2.05) is 0 Å². The average molecular weight is 270 g/mol. The minimum Gasteiger partial charge on any atom is -0.480 e. The molecule has 0 unspecified atom stereocenters. The highest BCUT2D eigenvalue weighted by Gasteiger charge is 2.64. The number of fused-ring (bicyclic) bond motifs is 1. The molecule has 98 valence electrons. The molecule has 18 heavy (non-hydrogen) atoms. The van der Waals surface area contributed by atoms with Crippen LogP contribution in [0.5, 0.6) is 0 Å².